The second-order valence-electron chi connectivity index (χ2n) is 5.41. The molecule has 2 heterocycles. The van der Waals surface area contributed by atoms with Gasteiger partial charge in [-0.1, -0.05) is 23.4 Å². The summed E-state index contributed by atoms with van der Waals surface area (Å²) in [6, 6.07) is 8.63. The van der Waals surface area contributed by atoms with E-state index >= 15 is 0 Å². The van der Waals surface area contributed by atoms with Crippen LogP contribution in [0.1, 0.15) is 35.9 Å². The van der Waals surface area contributed by atoms with E-state index in [0.29, 0.717) is 17.2 Å². The summed E-state index contributed by atoms with van der Waals surface area (Å²) in [7, 11) is -3.51. The van der Waals surface area contributed by atoms with E-state index < -0.39 is 10.0 Å². The Morgan fingerprint density at radius 3 is 2.71 bits per heavy atom. The highest BCUT2D eigenvalue weighted by atomic mass is 32.2. The van der Waals surface area contributed by atoms with Gasteiger partial charge in [0, 0.05) is 12.6 Å². The van der Waals surface area contributed by atoms with E-state index in [1.54, 1.807) is 12.1 Å². The Balaban J connectivity index is 2.00. The van der Waals surface area contributed by atoms with Crippen molar-refractivity contribution in [2.45, 2.75) is 37.6 Å². The maximum Gasteiger partial charge on any atom is 0.244 e. The van der Waals surface area contributed by atoms with Gasteiger partial charge in [-0.2, -0.15) is 4.31 Å². The molecule has 1 saturated heterocycles. The zero-order valence-electron chi connectivity index (χ0n) is 12.1. The number of rotatable bonds is 3. The fourth-order valence-corrected chi connectivity index (χ4v) is 4.72. The van der Waals surface area contributed by atoms with Gasteiger partial charge in [-0.25, -0.2) is 8.42 Å². The predicted octanol–water partition coefficient (Wildman–Crippen LogP) is 2.82. The molecule has 0 spiro atoms. The Hall–Kier alpha value is -1.66. The standard InChI is InChI=1S/C15H18N2O3S/c1-11-6-3-4-8-15(11)21(18,19)17-9-5-7-13(17)14-10-12(2)16-20-14/h3-4,6,8,10,13H,5,7,9H2,1-2H3/t13-/m0/s1. The van der Waals surface area contributed by atoms with Gasteiger partial charge in [0.15, 0.2) is 5.76 Å². The van der Waals surface area contributed by atoms with E-state index in [4.69, 9.17) is 4.52 Å². The van der Waals surface area contributed by atoms with Crippen LogP contribution < -0.4 is 0 Å². The number of sulfonamides is 1. The fraction of sp³-hybridized carbons (Fsp3) is 0.400. The lowest BCUT2D eigenvalue weighted by Gasteiger charge is -2.23. The lowest BCUT2D eigenvalue weighted by molar-refractivity contribution is 0.297. The van der Waals surface area contributed by atoms with Crippen molar-refractivity contribution in [3.8, 4) is 0 Å². The van der Waals surface area contributed by atoms with Gasteiger partial charge in [0.25, 0.3) is 0 Å². The average molecular weight is 306 g/mol. The van der Waals surface area contributed by atoms with Crippen LogP contribution in [-0.4, -0.2) is 24.4 Å². The Bertz CT molecular complexity index is 752. The summed E-state index contributed by atoms with van der Waals surface area (Å²) in [6.07, 6.45) is 1.59. The van der Waals surface area contributed by atoms with E-state index in [9.17, 15) is 8.42 Å². The summed E-state index contributed by atoms with van der Waals surface area (Å²) >= 11 is 0. The molecule has 5 nitrogen and oxygen atoms in total. The van der Waals surface area contributed by atoms with Crippen LogP contribution in [0.4, 0.5) is 0 Å². The van der Waals surface area contributed by atoms with Gasteiger partial charge in [-0.15, -0.1) is 0 Å². The lowest BCUT2D eigenvalue weighted by Crippen LogP contribution is -2.31. The number of nitrogens with zero attached hydrogens (tertiary/aromatic N) is 2. The van der Waals surface area contributed by atoms with Gasteiger partial charge < -0.3 is 4.52 Å². The minimum absolute atomic E-state index is 0.254. The normalized spacial score (nSPS) is 20.0. The maximum atomic E-state index is 12.9. The summed E-state index contributed by atoms with van der Waals surface area (Å²) < 4.78 is 32.6. The van der Waals surface area contributed by atoms with Gasteiger partial charge in [0.05, 0.1) is 16.6 Å². The minimum Gasteiger partial charge on any atom is -0.359 e. The van der Waals surface area contributed by atoms with Crippen molar-refractivity contribution in [3.05, 3.63) is 47.3 Å². The predicted molar refractivity (Wildman–Crippen MR) is 78.3 cm³/mol. The van der Waals surface area contributed by atoms with E-state index in [2.05, 4.69) is 5.16 Å². The van der Waals surface area contributed by atoms with E-state index in [0.717, 1.165) is 24.1 Å². The first kappa shape index (κ1) is 14.3. The Kier molecular flexibility index (Phi) is 3.59. The van der Waals surface area contributed by atoms with Crippen LogP contribution in [0.5, 0.6) is 0 Å². The van der Waals surface area contributed by atoms with Gasteiger partial charge >= 0.3 is 0 Å². The number of aromatic nitrogens is 1. The molecule has 1 aromatic heterocycles. The molecule has 0 bridgehead atoms. The van der Waals surface area contributed by atoms with E-state index in [1.165, 1.54) is 4.31 Å². The molecular weight excluding hydrogens is 288 g/mol. The third-order valence-electron chi connectivity index (χ3n) is 3.86. The third kappa shape index (κ3) is 2.49. The number of hydrogen-bond donors (Lipinski definition) is 0. The topological polar surface area (TPSA) is 63.4 Å². The van der Waals surface area contributed by atoms with Gasteiger partial charge in [-0.05, 0) is 38.3 Å². The molecule has 1 atom stereocenters. The fourth-order valence-electron chi connectivity index (χ4n) is 2.82. The van der Waals surface area contributed by atoms with Crippen LogP contribution in [0, 0.1) is 13.8 Å². The Labute approximate surface area is 124 Å². The zero-order valence-corrected chi connectivity index (χ0v) is 12.9. The summed E-state index contributed by atoms with van der Waals surface area (Å²) in [4.78, 5) is 0.369. The van der Waals surface area contributed by atoms with Crippen LogP contribution in [0.15, 0.2) is 39.8 Å². The van der Waals surface area contributed by atoms with Crippen LogP contribution in [0.2, 0.25) is 0 Å². The maximum absolute atomic E-state index is 12.9. The van der Waals surface area contributed by atoms with Crippen LogP contribution in [0.25, 0.3) is 0 Å². The second-order valence-corrected chi connectivity index (χ2v) is 7.27. The average Bonchev–Trinajstić information content (AvgIpc) is 3.07. The minimum atomic E-state index is -3.51. The smallest absolute Gasteiger partial charge is 0.244 e. The Morgan fingerprint density at radius 1 is 1.29 bits per heavy atom. The molecule has 0 aliphatic carbocycles. The van der Waals surface area contributed by atoms with Gasteiger partial charge in [0.1, 0.15) is 0 Å². The third-order valence-corrected chi connectivity index (χ3v) is 5.93. The van der Waals surface area contributed by atoms with Gasteiger partial charge in [-0.3, -0.25) is 0 Å². The molecule has 1 aliphatic rings. The summed E-state index contributed by atoms with van der Waals surface area (Å²) in [5, 5.41) is 3.87. The highest BCUT2D eigenvalue weighted by molar-refractivity contribution is 7.89. The molecule has 1 aromatic carbocycles. The summed E-state index contributed by atoms with van der Waals surface area (Å²) in [6.45, 7) is 4.17. The second kappa shape index (κ2) is 5.27. The zero-order chi connectivity index (χ0) is 15.0. The molecule has 3 rings (SSSR count). The molecule has 6 heteroatoms. The number of benzene rings is 1. The monoisotopic (exact) mass is 306 g/mol. The first-order chi connectivity index (χ1) is 10.00. The van der Waals surface area contributed by atoms with Crippen molar-refractivity contribution in [3.63, 3.8) is 0 Å². The van der Waals surface area contributed by atoms with Crippen molar-refractivity contribution >= 4 is 10.0 Å². The van der Waals surface area contributed by atoms with Crippen molar-refractivity contribution < 1.29 is 12.9 Å². The first-order valence-corrected chi connectivity index (χ1v) is 8.45. The molecule has 0 saturated carbocycles. The molecule has 0 amide bonds. The molecule has 112 valence electrons. The summed E-state index contributed by atoms with van der Waals surface area (Å²) in [5.41, 5.74) is 1.53. The van der Waals surface area contributed by atoms with Crippen molar-refractivity contribution in [2.24, 2.45) is 0 Å². The highest BCUT2D eigenvalue weighted by Gasteiger charge is 2.38. The quantitative estimate of drug-likeness (QED) is 0.874. The van der Waals surface area contributed by atoms with Crippen LogP contribution in [0.3, 0.4) is 0 Å². The molecular formula is C15H18N2O3S. The molecule has 0 N–H and O–H groups in total. The number of aryl methyl sites for hydroxylation is 2. The van der Waals surface area contributed by atoms with Crippen molar-refractivity contribution in [1.29, 1.82) is 0 Å². The first-order valence-electron chi connectivity index (χ1n) is 7.01. The van der Waals surface area contributed by atoms with Crippen LogP contribution >= 0.6 is 0 Å². The molecule has 0 radical (unpaired) electrons. The SMILES string of the molecule is Cc1cc([C@@H]2CCCN2S(=O)(=O)c2ccccc2C)on1. The molecule has 0 unspecified atom stereocenters. The van der Waals surface area contributed by atoms with Crippen LogP contribution in [-0.2, 0) is 10.0 Å². The highest BCUT2D eigenvalue weighted by Crippen LogP contribution is 2.37. The van der Waals surface area contributed by atoms with Crippen molar-refractivity contribution in [2.75, 3.05) is 6.54 Å². The largest absolute Gasteiger partial charge is 0.359 e. The van der Waals surface area contributed by atoms with Gasteiger partial charge in [0.2, 0.25) is 10.0 Å². The summed E-state index contributed by atoms with van der Waals surface area (Å²) in [5.74, 6) is 0.627. The molecule has 1 fully saturated rings. The molecule has 21 heavy (non-hydrogen) atoms. The van der Waals surface area contributed by atoms with Crippen molar-refractivity contribution in [1.82, 2.24) is 9.46 Å². The Morgan fingerprint density at radius 2 is 2.05 bits per heavy atom. The molecule has 2 aromatic rings. The molecule has 1 aliphatic heterocycles. The number of hydrogen-bond acceptors (Lipinski definition) is 4. The lowest BCUT2D eigenvalue weighted by atomic mass is 10.2. The van der Waals surface area contributed by atoms with E-state index in [1.807, 2.05) is 32.0 Å². The van der Waals surface area contributed by atoms with E-state index in [-0.39, 0.29) is 6.04 Å².